The van der Waals surface area contributed by atoms with Crippen molar-refractivity contribution >= 4 is 45.8 Å². The first-order valence-corrected chi connectivity index (χ1v) is 7.55. The third-order valence-corrected chi connectivity index (χ3v) is 5.01. The normalized spacial score (nSPS) is 12.1. The summed E-state index contributed by atoms with van der Waals surface area (Å²) in [4.78, 5) is 0. The van der Waals surface area contributed by atoms with Gasteiger partial charge in [-0.1, -0.05) is 26.0 Å². The molecule has 0 atom stereocenters. The fourth-order valence-corrected chi connectivity index (χ4v) is 3.10. The van der Waals surface area contributed by atoms with Crippen molar-refractivity contribution in [2.45, 2.75) is 20.3 Å². The molecule has 1 aromatic rings. The van der Waals surface area contributed by atoms with Gasteiger partial charge in [-0.2, -0.15) is 0 Å². The summed E-state index contributed by atoms with van der Waals surface area (Å²) in [6.45, 7) is 4.38. The molecule has 0 N–H and O–H groups in total. The van der Waals surface area contributed by atoms with Gasteiger partial charge in [-0.15, -0.1) is 23.2 Å². The molecule has 0 spiro atoms. The smallest absolute Gasteiger partial charge is 0.0297 e. The molecule has 0 aliphatic heterocycles. The average molecular weight is 371 g/mol. The molecule has 1 rings (SSSR count). The molecule has 1 aromatic carbocycles. The maximum absolute atomic E-state index is 6.11. The number of benzene rings is 1. The van der Waals surface area contributed by atoms with E-state index >= 15 is 0 Å². The number of rotatable bonds is 5. The number of halogens is 3. The van der Waals surface area contributed by atoms with E-state index in [4.69, 9.17) is 23.2 Å². The second kappa shape index (κ2) is 6.46. The van der Waals surface area contributed by atoms with E-state index in [0.29, 0.717) is 17.7 Å². The van der Waals surface area contributed by atoms with Crippen LogP contribution in [0.25, 0.3) is 0 Å². The van der Waals surface area contributed by atoms with Crippen molar-refractivity contribution in [3.8, 4) is 0 Å². The summed E-state index contributed by atoms with van der Waals surface area (Å²) in [7, 11) is 0. The van der Waals surface area contributed by atoms with Crippen molar-refractivity contribution < 1.29 is 0 Å². The van der Waals surface area contributed by atoms with Gasteiger partial charge in [0, 0.05) is 20.7 Å². The highest BCUT2D eigenvalue weighted by molar-refractivity contribution is 14.1. The van der Waals surface area contributed by atoms with E-state index in [2.05, 4.69) is 60.7 Å². The Hall–Kier alpha value is 0.530. The number of hydrogen-bond donors (Lipinski definition) is 0. The molecule has 0 aliphatic rings. The zero-order valence-electron chi connectivity index (χ0n) is 9.64. The van der Waals surface area contributed by atoms with Crippen LogP contribution >= 0.6 is 45.8 Å². The molecule has 0 aliphatic carbocycles. The molecule has 0 saturated carbocycles. The van der Waals surface area contributed by atoms with E-state index in [9.17, 15) is 0 Å². The molecule has 90 valence electrons. The second-order valence-electron chi connectivity index (χ2n) is 4.59. The summed E-state index contributed by atoms with van der Waals surface area (Å²) in [5, 5.41) is 0. The first-order valence-electron chi connectivity index (χ1n) is 5.40. The topological polar surface area (TPSA) is 0 Å². The Balaban J connectivity index is 2.87. The van der Waals surface area contributed by atoms with Crippen molar-refractivity contribution in [3.05, 3.63) is 33.4 Å². The van der Waals surface area contributed by atoms with Gasteiger partial charge in [-0.05, 0) is 52.6 Å². The molecule has 0 aromatic heterocycles. The molecule has 0 radical (unpaired) electrons. The van der Waals surface area contributed by atoms with Crippen LogP contribution in [-0.2, 0) is 6.42 Å². The summed E-state index contributed by atoms with van der Waals surface area (Å²) < 4.78 is 1.26. The molecule has 0 amide bonds. The SMILES string of the molecule is CC(C)C(CCl)(CCl)Cc1ccc(I)cc1. The maximum Gasteiger partial charge on any atom is 0.0297 e. The highest BCUT2D eigenvalue weighted by Gasteiger charge is 2.32. The number of alkyl halides is 2. The van der Waals surface area contributed by atoms with Crippen LogP contribution in [0.5, 0.6) is 0 Å². The largest absolute Gasteiger partial charge is 0.126 e. The minimum absolute atomic E-state index is 0.00982. The highest BCUT2D eigenvalue weighted by Crippen LogP contribution is 2.34. The Bertz CT molecular complexity index is 315. The summed E-state index contributed by atoms with van der Waals surface area (Å²) in [6.07, 6.45) is 0.953. The van der Waals surface area contributed by atoms with Gasteiger partial charge in [0.2, 0.25) is 0 Å². The van der Waals surface area contributed by atoms with E-state index in [1.807, 2.05) is 0 Å². The second-order valence-corrected chi connectivity index (χ2v) is 6.37. The molecule has 0 saturated heterocycles. The van der Waals surface area contributed by atoms with Crippen molar-refractivity contribution in [2.75, 3.05) is 11.8 Å². The fraction of sp³-hybridized carbons (Fsp3) is 0.538. The van der Waals surface area contributed by atoms with Gasteiger partial charge in [0.05, 0.1) is 0 Å². The van der Waals surface area contributed by atoms with Crippen LogP contribution in [0.4, 0.5) is 0 Å². The first-order chi connectivity index (χ1) is 7.54. The first kappa shape index (κ1) is 14.6. The van der Waals surface area contributed by atoms with E-state index in [-0.39, 0.29) is 5.41 Å². The van der Waals surface area contributed by atoms with Crippen LogP contribution in [0.2, 0.25) is 0 Å². The number of hydrogen-bond acceptors (Lipinski definition) is 0. The van der Waals surface area contributed by atoms with E-state index in [1.54, 1.807) is 0 Å². The predicted molar refractivity (Wildman–Crippen MR) is 81.6 cm³/mol. The zero-order chi connectivity index (χ0) is 12.2. The lowest BCUT2D eigenvalue weighted by Crippen LogP contribution is -2.34. The summed E-state index contributed by atoms with van der Waals surface area (Å²) in [5.74, 6) is 1.71. The van der Waals surface area contributed by atoms with Gasteiger partial charge in [0.25, 0.3) is 0 Å². The molecular weight excluding hydrogens is 354 g/mol. The molecular formula is C13H17Cl2I. The van der Waals surface area contributed by atoms with Gasteiger partial charge in [-0.3, -0.25) is 0 Å². The fourth-order valence-electron chi connectivity index (χ4n) is 1.65. The maximum atomic E-state index is 6.11. The zero-order valence-corrected chi connectivity index (χ0v) is 13.3. The van der Waals surface area contributed by atoms with Crippen molar-refractivity contribution in [3.63, 3.8) is 0 Å². The Morgan fingerprint density at radius 1 is 1.12 bits per heavy atom. The lowest BCUT2D eigenvalue weighted by molar-refractivity contribution is 0.259. The van der Waals surface area contributed by atoms with Crippen molar-refractivity contribution in [1.29, 1.82) is 0 Å². The van der Waals surface area contributed by atoms with Crippen LogP contribution in [0, 0.1) is 14.9 Å². The van der Waals surface area contributed by atoms with Gasteiger partial charge in [0.15, 0.2) is 0 Å². The summed E-state index contributed by atoms with van der Waals surface area (Å²) in [5.41, 5.74) is 1.33. The minimum Gasteiger partial charge on any atom is -0.126 e. The lowest BCUT2D eigenvalue weighted by Gasteiger charge is -2.34. The van der Waals surface area contributed by atoms with E-state index in [1.165, 1.54) is 9.13 Å². The average Bonchev–Trinajstić information content (AvgIpc) is 2.28. The third-order valence-electron chi connectivity index (χ3n) is 3.23. The van der Waals surface area contributed by atoms with Crippen molar-refractivity contribution in [2.24, 2.45) is 11.3 Å². The lowest BCUT2D eigenvalue weighted by atomic mass is 9.76. The monoisotopic (exact) mass is 370 g/mol. The van der Waals surface area contributed by atoms with Crippen LogP contribution < -0.4 is 0 Å². The summed E-state index contributed by atoms with van der Waals surface area (Å²) in [6, 6.07) is 8.59. The quantitative estimate of drug-likeness (QED) is 0.508. The third kappa shape index (κ3) is 3.51. The molecule has 0 bridgehead atoms. The molecule has 0 nitrogen and oxygen atoms in total. The van der Waals surface area contributed by atoms with E-state index in [0.717, 1.165) is 6.42 Å². The van der Waals surface area contributed by atoms with Crippen LogP contribution in [0.3, 0.4) is 0 Å². The van der Waals surface area contributed by atoms with Gasteiger partial charge >= 0.3 is 0 Å². The van der Waals surface area contributed by atoms with Gasteiger partial charge in [0.1, 0.15) is 0 Å². The molecule has 3 heteroatoms. The Kier molecular flexibility index (Phi) is 5.89. The standard InChI is InChI=1S/C13H17Cl2I/c1-10(2)13(8-14,9-15)7-11-3-5-12(16)6-4-11/h3-6,10H,7-9H2,1-2H3. The molecule has 16 heavy (non-hydrogen) atoms. The highest BCUT2D eigenvalue weighted by atomic mass is 127. The van der Waals surface area contributed by atoms with E-state index < -0.39 is 0 Å². The van der Waals surface area contributed by atoms with Crippen molar-refractivity contribution in [1.82, 2.24) is 0 Å². The van der Waals surface area contributed by atoms with Crippen LogP contribution in [0.15, 0.2) is 24.3 Å². The van der Waals surface area contributed by atoms with Crippen LogP contribution in [-0.4, -0.2) is 11.8 Å². The van der Waals surface area contributed by atoms with Gasteiger partial charge < -0.3 is 0 Å². The Morgan fingerprint density at radius 2 is 1.62 bits per heavy atom. The molecule has 0 fully saturated rings. The molecule has 0 unspecified atom stereocenters. The Labute approximate surface area is 122 Å². The van der Waals surface area contributed by atoms with Gasteiger partial charge in [-0.25, -0.2) is 0 Å². The predicted octanol–water partition coefficient (Wildman–Crippen LogP) is 4.95. The molecule has 0 heterocycles. The Morgan fingerprint density at radius 3 is 2.00 bits per heavy atom. The summed E-state index contributed by atoms with van der Waals surface area (Å²) >= 11 is 14.5. The minimum atomic E-state index is 0.00982. The van der Waals surface area contributed by atoms with Crippen LogP contribution in [0.1, 0.15) is 19.4 Å².